The van der Waals surface area contributed by atoms with Crippen molar-refractivity contribution >= 4 is 40.5 Å². The molecule has 0 unspecified atom stereocenters. The third kappa shape index (κ3) is 6.46. The molecule has 1 saturated heterocycles. The van der Waals surface area contributed by atoms with Crippen LogP contribution in [0.15, 0.2) is 24.3 Å². The lowest BCUT2D eigenvalue weighted by molar-refractivity contribution is -0.279. The Morgan fingerprint density at radius 2 is 1.34 bits per heavy atom. The van der Waals surface area contributed by atoms with Gasteiger partial charge in [0.05, 0.1) is 7.11 Å². The molecule has 5 atom stereocenters. The minimum atomic E-state index is -1.15. The molecule has 1 aliphatic heterocycles. The number of alkyl halides is 1. The van der Waals surface area contributed by atoms with Crippen LogP contribution in [0.1, 0.15) is 20.8 Å². The minimum absolute atomic E-state index is 0.405. The zero-order valence-corrected chi connectivity index (χ0v) is 18.6. The zero-order valence-electron chi connectivity index (χ0n) is 16.5. The maximum atomic E-state index is 11.7. The lowest BCUT2D eigenvalue weighted by atomic mass is 9.99. The van der Waals surface area contributed by atoms with Gasteiger partial charge in [-0.15, -0.1) is 0 Å². The van der Waals surface area contributed by atoms with E-state index < -0.39 is 48.6 Å². The average molecular weight is 522 g/mol. The lowest BCUT2D eigenvalue weighted by Gasteiger charge is -2.43. The molecule has 0 radical (unpaired) electrons. The second kappa shape index (κ2) is 10.6. The van der Waals surface area contributed by atoms with Crippen LogP contribution < -0.4 is 9.47 Å². The van der Waals surface area contributed by atoms with Crippen LogP contribution in [-0.4, -0.2) is 60.2 Å². The third-order valence-electron chi connectivity index (χ3n) is 3.96. The van der Waals surface area contributed by atoms with Crippen molar-refractivity contribution in [3.05, 3.63) is 24.3 Å². The molecule has 2 rings (SSSR count). The van der Waals surface area contributed by atoms with Gasteiger partial charge in [-0.1, -0.05) is 22.6 Å². The molecule has 0 N–H and O–H groups in total. The first-order chi connectivity index (χ1) is 13.7. The van der Waals surface area contributed by atoms with Gasteiger partial charge in [0.25, 0.3) is 0 Å². The topological polar surface area (TPSA) is 107 Å². The second-order valence-electron chi connectivity index (χ2n) is 6.21. The Bertz CT molecular complexity index is 721. The number of rotatable bonds is 7. The molecule has 10 heteroatoms. The van der Waals surface area contributed by atoms with E-state index in [1.54, 1.807) is 31.4 Å². The summed E-state index contributed by atoms with van der Waals surface area (Å²) in [7, 11) is 1.54. The summed E-state index contributed by atoms with van der Waals surface area (Å²) in [4.78, 5) is 35.0. The molecule has 1 heterocycles. The highest BCUT2D eigenvalue weighted by molar-refractivity contribution is 14.1. The maximum Gasteiger partial charge on any atom is 0.303 e. The van der Waals surface area contributed by atoms with E-state index in [1.165, 1.54) is 20.8 Å². The number of halogens is 1. The van der Waals surface area contributed by atoms with Crippen molar-refractivity contribution in [3.63, 3.8) is 0 Å². The first-order valence-electron chi connectivity index (χ1n) is 8.79. The maximum absolute atomic E-state index is 11.7. The first-order valence-corrected chi connectivity index (χ1v) is 10.3. The molecule has 1 aliphatic rings. The van der Waals surface area contributed by atoms with Gasteiger partial charge < -0.3 is 28.4 Å². The highest BCUT2D eigenvalue weighted by Gasteiger charge is 2.52. The predicted molar refractivity (Wildman–Crippen MR) is 108 cm³/mol. The number of carbonyl (C=O) groups is 3. The van der Waals surface area contributed by atoms with E-state index in [2.05, 4.69) is 22.6 Å². The SMILES string of the molecule is COc1ccc(O[C@@H]2O[C@H](CI)[C@H](OC(C)=O)[C@H](OC(C)=O)[C@H]2OC(C)=O)cc1. The van der Waals surface area contributed by atoms with Crippen LogP contribution in [0.4, 0.5) is 0 Å². The molecule has 1 aromatic rings. The largest absolute Gasteiger partial charge is 0.497 e. The van der Waals surface area contributed by atoms with Crippen molar-refractivity contribution in [2.45, 2.75) is 51.5 Å². The average Bonchev–Trinajstić information content (AvgIpc) is 2.65. The van der Waals surface area contributed by atoms with Gasteiger partial charge in [-0.3, -0.25) is 14.4 Å². The Labute approximate surface area is 182 Å². The fraction of sp³-hybridized carbons (Fsp3) is 0.526. The van der Waals surface area contributed by atoms with Gasteiger partial charge in [-0.2, -0.15) is 0 Å². The van der Waals surface area contributed by atoms with E-state index in [-0.39, 0.29) is 0 Å². The van der Waals surface area contributed by atoms with Gasteiger partial charge in [-0.05, 0) is 24.3 Å². The number of hydrogen-bond acceptors (Lipinski definition) is 9. The van der Waals surface area contributed by atoms with Crippen molar-refractivity contribution in [2.75, 3.05) is 11.5 Å². The fourth-order valence-electron chi connectivity index (χ4n) is 2.86. The van der Waals surface area contributed by atoms with Gasteiger partial charge in [0.2, 0.25) is 12.4 Å². The van der Waals surface area contributed by atoms with E-state index in [0.717, 1.165) is 0 Å². The summed E-state index contributed by atoms with van der Waals surface area (Å²) in [6, 6.07) is 6.70. The molecule has 0 saturated carbocycles. The zero-order chi connectivity index (χ0) is 21.6. The Balaban J connectivity index is 2.37. The summed E-state index contributed by atoms with van der Waals surface area (Å²) in [5.41, 5.74) is 0. The number of benzene rings is 1. The molecule has 29 heavy (non-hydrogen) atoms. The molecule has 9 nitrogen and oxygen atoms in total. The highest BCUT2D eigenvalue weighted by Crippen LogP contribution is 2.31. The summed E-state index contributed by atoms with van der Waals surface area (Å²) >= 11 is 2.06. The van der Waals surface area contributed by atoms with Gasteiger partial charge in [0, 0.05) is 25.2 Å². The number of hydrogen-bond donors (Lipinski definition) is 0. The quantitative estimate of drug-likeness (QED) is 0.230. The third-order valence-corrected chi connectivity index (χ3v) is 4.83. The van der Waals surface area contributed by atoms with Crippen molar-refractivity contribution in [3.8, 4) is 11.5 Å². The summed E-state index contributed by atoms with van der Waals surface area (Å²) in [5.74, 6) is -0.777. The van der Waals surface area contributed by atoms with Crippen LogP contribution >= 0.6 is 22.6 Å². The Morgan fingerprint density at radius 1 is 0.862 bits per heavy atom. The lowest BCUT2D eigenvalue weighted by Crippen LogP contribution is -2.63. The Hall–Kier alpha value is -2.08. The number of methoxy groups -OCH3 is 1. The van der Waals surface area contributed by atoms with Gasteiger partial charge in [0.15, 0.2) is 12.2 Å². The first kappa shape index (κ1) is 23.2. The van der Waals surface area contributed by atoms with E-state index in [4.69, 9.17) is 28.4 Å². The molecule has 1 aromatic carbocycles. The number of carbonyl (C=O) groups excluding carboxylic acids is 3. The Kier molecular flexibility index (Phi) is 8.50. The molecule has 0 amide bonds. The standard InChI is InChI=1S/C19H23IO9/c1-10(21)25-16-15(9-20)29-19(28-14-7-5-13(24-4)6-8-14)18(27-12(3)23)17(16)26-11(2)22/h5-8,15-19H,9H2,1-4H3/t15-,16+,17+,18-,19-/m1/s1. The highest BCUT2D eigenvalue weighted by atomic mass is 127. The second-order valence-corrected chi connectivity index (χ2v) is 7.09. The molecule has 0 spiro atoms. The van der Waals surface area contributed by atoms with Gasteiger partial charge >= 0.3 is 17.9 Å². The smallest absolute Gasteiger partial charge is 0.303 e. The molecular formula is C19H23IO9. The minimum Gasteiger partial charge on any atom is -0.497 e. The molecule has 160 valence electrons. The summed E-state index contributed by atoms with van der Waals surface area (Å²) in [5, 5.41) is 0. The van der Waals surface area contributed by atoms with E-state index in [0.29, 0.717) is 15.9 Å². The van der Waals surface area contributed by atoms with E-state index >= 15 is 0 Å². The predicted octanol–water partition coefficient (Wildman–Crippen LogP) is 2.03. The van der Waals surface area contributed by atoms with Crippen LogP contribution in [0.5, 0.6) is 11.5 Å². The fourth-order valence-corrected chi connectivity index (χ4v) is 3.57. The van der Waals surface area contributed by atoms with Crippen molar-refractivity contribution in [1.82, 2.24) is 0 Å². The van der Waals surface area contributed by atoms with Crippen LogP contribution in [0.3, 0.4) is 0 Å². The van der Waals surface area contributed by atoms with Crippen LogP contribution in [-0.2, 0) is 33.3 Å². The number of esters is 3. The number of ether oxygens (including phenoxy) is 6. The van der Waals surface area contributed by atoms with E-state index in [1.807, 2.05) is 0 Å². The molecule has 0 bridgehead atoms. The Morgan fingerprint density at radius 3 is 1.83 bits per heavy atom. The molecular weight excluding hydrogens is 499 g/mol. The summed E-state index contributed by atoms with van der Waals surface area (Å²) in [6.07, 6.45) is -4.96. The summed E-state index contributed by atoms with van der Waals surface area (Å²) < 4.78 is 33.4. The van der Waals surface area contributed by atoms with Crippen LogP contribution in [0.2, 0.25) is 0 Å². The van der Waals surface area contributed by atoms with Crippen molar-refractivity contribution in [2.24, 2.45) is 0 Å². The van der Waals surface area contributed by atoms with Crippen molar-refractivity contribution < 1.29 is 42.8 Å². The molecule has 0 aromatic heterocycles. The van der Waals surface area contributed by atoms with Gasteiger partial charge in [0.1, 0.15) is 17.6 Å². The summed E-state index contributed by atoms with van der Waals surface area (Å²) in [6.45, 7) is 3.65. The monoisotopic (exact) mass is 522 g/mol. The van der Waals surface area contributed by atoms with Crippen LogP contribution in [0.25, 0.3) is 0 Å². The molecule has 1 fully saturated rings. The molecule has 0 aliphatic carbocycles. The van der Waals surface area contributed by atoms with Crippen molar-refractivity contribution in [1.29, 1.82) is 0 Å². The van der Waals surface area contributed by atoms with Crippen LogP contribution in [0, 0.1) is 0 Å². The van der Waals surface area contributed by atoms with E-state index in [9.17, 15) is 14.4 Å². The van der Waals surface area contributed by atoms with Gasteiger partial charge in [-0.25, -0.2) is 0 Å². The normalized spacial score (nSPS) is 26.2.